The average molecular weight is 178 g/mol. The number of rotatable bonds is 0. The van der Waals surface area contributed by atoms with E-state index in [0.29, 0.717) is 13.1 Å². The third-order valence-electron chi connectivity index (χ3n) is 1.67. The van der Waals surface area contributed by atoms with Crippen molar-refractivity contribution in [3.63, 3.8) is 0 Å². The molecule has 1 aliphatic rings. The molecule has 0 aromatic heterocycles. The number of amides is 1. The molecule has 0 unspecified atom stereocenters. The van der Waals surface area contributed by atoms with Crippen molar-refractivity contribution in [3.8, 4) is 0 Å². The second kappa shape index (κ2) is 3.41. The van der Waals surface area contributed by atoms with Gasteiger partial charge in [-0.15, -0.1) is 0 Å². The van der Waals surface area contributed by atoms with Crippen molar-refractivity contribution in [3.05, 3.63) is 0 Å². The van der Waals surface area contributed by atoms with Crippen molar-refractivity contribution >= 4 is 17.0 Å². The van der Waals surface area contributed by atoms with E-state index in [-0.39, 0.29) is 17.6 Å². The van der Waals surface area contributed by atoms with Crippen molar-refractivity contribution in [1.29, 1.82) is 0 Å². The standard InChI is InChI=1S/C7H12ClNO2/c1-5-3-9(7(8)10)4-6(2)11-5/h5-6H,3-4H2,1-2H3/t5-,6-/m0/s1. The van der Waals surface area contributed by atoms with E-state index in [2.05, 4.69) is 0 Å². The summed E-state index contributed by atoms with van der Waals surface area (Å²) < 4.78 is 5.41. The molecule has 1 fully saturated rings. The van der Waals surface area contributed by atoms with Crippen LogP contribution in [0.1, 0.15) is 13.8 Å². The minimum atomic E-state index is -0.382. The van der Waals surface area contributed by atoms with Crippen LogP contribution in [0.4, 0.5) is 4.79 Å². The summed E-state index contributed by atoms with van der Waals surface area (Å²) in [6, 6.07) is 0. The topological polar surface area (TPSA) is 29.5 Å². The van der Waals surface area contributed by atoms with Gasteiger partial charge < -0.3 is 9.64 Å². The van der Waals surface area contributed by atoms with Crippen LogP contribution in [0.5, 0.6) is 0 Å². The van der Waals surface area contributed by atoms with Crippen molar-refractivity contribution in [2.24, 2.45) is 0 Å². The van der Waals surface area contributed by atoms with E-state index in [4.69, 9.17) is 16.3 Å². The van der Waals surface area contributed by atoms with Gasteiger partial charge in [0.1, 0.15) is 0 Å². The molecule has 3 nitrogen and oxygen atoms in total. The molecule has 11 heavy (non-hydrogen) atoms. The van der Waals surface area contributed by atoms with E-state index in [0.717, 1.165) is 0 Å². The maximum atomic E-state index is 10.7. The van der Waals surface area contributed by atoms with Crippen LogP contribution >= 0.6 is 11.6 Å². The number of hydrogen-bond acceptors (Lipinski definition) is 2. The van der Waals surface area contributed by atoms with Gasteiger partial charge in [0.2, 0.25) is 0 Å². The van der Waals surface area contributed by atoms with Gasteiger partial charge in [-0.2, -0.15) is 0 Å². The fourth-order valence-corrected chi connectivity index (χ4v) is 1.46. The first-order valence-corrected chi connectivity index (χ1v) is 4.07. The highest BCUT2D eigenvalue weighted by Crippen LogP contribution is 2.11. The predicted molar refractivity (Wildman–Crippen MR) is 42.8 cm³/mol. The average Bonchev–Trinajstić information content (AvgIpc) is 1.85. The summed E-state index contributed by atoms with van der Waals surface area (Å²) in [5.41, 5.74) is 0. The first-order chi connectivity index (χ1) is 5.09. The van der Waals surface area contributed by atoms with Crippen LogP contribution in [0.25, 0.3) is 0 Å². The molecule has 0 aliphatic carbocycles. The summed E-state index contributed by atoms with van der Waals surface area (Å²) in [7, 11) is 0. The Balaban J connectivity index is 2.49. The molecular weight excluding hydrogens is 166 g/mol. The van der Waals surface area contributed by atoms with Gasteiger partial charge >= 0.3 is 5.37 Å². The zero-order chi connectivity index (χ0) is 8.43. The van der Waals surface area contributed by atoms with Crippen molar-refractivity contribution in [1.82, 2.24) is 4.90 Å². The molecule has 64 valence electrons. The molecule has 4 heteroatoms. The summed E-state index contributed by atoms with van der Waals surface area (Å²) in [5.74, 6) is 0. The second-order valence-electron chi connectivity index (χ2n) is 2.92. The SMILES string of the molecule is C[C@H]1CN(C(=O)Cl)C[C@H](C)O1. The molecule has 1 heterocycles. The van der Waals surface area contributed by atoms with E-state index in [1.807, 2.05) is 13.8 Å². The van der Waals surface area contributed by atoms with Gasteiger partial charge in [-0.25, -0.2) is 0 Å². The number of carbonyl (C=O) groups excluding carboxylic acids is 1. The number of carbonyl (C=O) groups is 1. The molecule has 0 aromatic carbocycles. The lowest BCUT2D eigenvalue weighted by Gasteiger charge is -2.33. The zero-order valence-electron chi connectivity index (χ0n) is 6.71. The number of morpholine rings is 1. The van der Waals surface area contributed by atoms with Crippen molar-refractivity contribution < 1.29 is 9.53 Å². The van der Waals surface area contributed by atoms with Gasteiger partial charge in [0.15, 0.2) is 0 Å². The Morgan fingerprint density at radius 2 is 1.91 bits per heavy atom. The lowest BCUT2D eigenvalue weighted by molar-refractivity contribution is -0.0517. The highest BCUT2D eigenvalue weighted by atomic mass is 35.5. The van der Waals surface area contributed by atoms with Crippen molar-refractivity contribution in [2.45, 2.75) is 26.1 Å². The fourth-order valence-electron chi connectivity index (χ4n) is 1.32. The zero-order valence-corrected chi connectivity index (χ0v) is 7.47. The summed E-state index contributed by atoms with van der Waals surface area (Å²) >= 11 is 5.32. The van der Waals surface area contributed by atoms with Gasteiger partial charge in [-0.1, -0.05) is 0 Å². The molecule has 1 rings (SSSR count). The summed E-state index contributed by atoms with van der Waals surface area (Å²) in [4.78, 5) is 12.3. The lowest BCUT2D eigenvalue weighted by atomic mass is 10.2. The van der Waals surface area contributed by atoms with E-state index in [1.165, 1.54) is 0 Å². The first-order valence-electron chi connectivity index (χ1n) is 3.69. The Morgan fingerprint density at radius 3 is 2.27 bits per heavy atom. The highest BCUT2D eigenvalue weighted by Gasteiger charge is 2.24. The van der Waals surface area contributed by atoms with Crippen LogP contribution in [0, 0.1) is 0 Å². The van der Waals surface area contributed by atoms with Crippen LogP contribution in [-0.2, 0) is 4.74 Å². The monoisotopic (exact) mass is 177 g/mol. The Kier molecular flexibility index (Phi) is 2.73. The predicted octanol–water partition coefficient (Wildman–Crippen LogP) is 1.45. The van der Waals surface area contributed by atoms with Crippen molar-refractivity contribution in [2.75, 3.05) is 13.1 Å². The van der Waals surface area contributed by atoms with Gasteiger partial charge in [-0.3, -0.25) is 4.79 Å². The number of hydrogen-bond donors (Lipinski definition) is 0. The van der Waals surface area contributed by atoms with Crippen LogP contribution in [0.2, 0.25) is 0 Å². The molecule has 0 aromatic rings. The van der Waals surface area contributed by atoms with Crippen LogP contribution in [-0.4, -0.2) is 35.6 Å². The van der Waals surface area contributed by atoms with E-state index >= 15 is 0 Å². The van der Waals surface area contributed by atoms with Gasteiger partial charge in [0.05, 0.1) is 12.2 Å². The lowest BCUT2D eigenvalue weighted by Crippen LogP contribution is -2.46. The molecule has 0 saturated carbocycles. The number of halogens is 1. The van der Waals surface area contributed by atoms with Gasteiger partial charge in [0.25, 0.3) is 0 Å². The van der Waals surface area contributed by atoms with Crippen LogP contribution in [0.15, 0.2) is 0 Å². The summed E-state index contributed by atoms with van der Waals surface area (Å²) in [6.45, 7) is 5.07. The first kappa shape index (κ1) is 8.81. The molecule has 0 bridgehead atoms. The van der Waals surface area contributed by atoms with Crippen LogP contribution < -0.4 is 0 Å². The fraction of sp³-hybridized carbons (Fsp3) is 0.857. The van der Waals surface area contributed by atoms with Crippen LogP contribution in [0.3, 0.4) is 0 Å². The maximum Gasteiger partial charge on any atom is 0.316 e. The molecule has 1 amide bonds. The number of nitrogens with zero attached hydrogens (tertiary/aromatic N) is 1. The normalized spacial score (nSPS) is 32.1. The molecule has 0 radical (unpaired) electrons. The maximum absolute atomic E-state index is 10.7. The summed E-state index contributed by atoms with van der Waals surface area (Å²) in [5, 5.41) is -0.382. The molecule has 0 spiro atoms. The highest BCUT2D eigenvalue weighted by molar-refractivity contribution is 6.62. The third kappa shape index (κ3) is 2.34. The van der Waals surface area contributed by atoms with Gasteiger partial charge in [-0.05, 0) is 25.4 Å². The molecule has 1 aliphatic heterocycles. The van der Waals surface area contributed by atoms with Gasteiger partial charge in [0, 0.05) is 13.1 Å². The van der Waals surface area contributed by atoms with E-state index < -0.39 is 0 Å². The molecule has 0 N–H and O–H groups in total. The Morgan fingerprint density at radius 1 is 1.45 bits per heavy atom. The third-order valence-corrected chi connectivity index (χ3v) is 1.91. The minimum absolute atomic E-state index is 0.0986. The van der Waals surface area contributed by atoms with E-state index in [9.17, 15) is 4.79 Å². The Hall–Kier alpha value is -0.280. The quantitative estimate of drug-likeness (QED) is 0.414. The Labute approximate surface area is 71.3 Å². The number of ether oxygens (including phenoxy) is 1. The second-order valence-corrected chi connectivity index (χ2v) is 3.24. The minimum Gasteiger partial charge on any atom is -0.372 e. The molecular formula is C7H12ClNO2. The molecule has 1 saturated heterocycles. The molecule has 2 atom stereocenters. The summed E-state index contributed by atoms with van der Waals surface area (Å²) in [6.07, 6.45) is 0.197. The largest absolute Gasteiger partial charge is 0.372 e. The Bertz CT molecular complexity index is 153. The van der Waals surface area contributed by atoms with E-state index in [1.54, 1.807) is 4.90 Å². The smallest absolute Gasteiger partial charge is 0.316 e.